The molecule has 80 valence electrons. The molecule has 0 amide bonds. The van der Waals surface area contributed by atoms with Crippen LogP contribution >= 0.6 is 0 Å². The van der Waals surface area contributed by atoms with Gasteiger partial charge in [-0.3, -0.25) is 0 Å². The average Bonchev–Trinajstić information content (AvgIpc) is 2.53. The van der Waals surface area contributed by atoms with Gasteiger partial charge in [0.2, 0.25) is 0 Å². The summed E-state index contributed by atoms with van der Waals surface area (Å²) in [5.41, 5.74) is 1.35. The Morgan fingerprint density at radius 1 is 1.29 bits per heavy atom. The van der Waals surface area contributed by atoms with Crippen LogP contribution in [0.5, 0.6) is 0 Å². The summed E-state index contributed by atoms with van der Waals surface area (Å²) in [6.45, 7) is 5.49. The van der Waals surface area contributed by atoms with E-state index in [2.05, 4.69) is 29.9 Å². The molecule has 0 aliphatic rings. The van der Waals surface area contributed by atoms with Crippen molar-refractivity contribution in [2.24, 2.45) is 7.05 Å². The quantitative estimate of drug-likeness (QED) is 0.636. The van der Waals surface area contributed by atoms with E-state index in [-0.39, 0.29) is 0 Å². The lowest BCUT2D eigenvalue weighted by Crippen LogP contribution is -2.35. The van der Waals surface area contributed by atoms with Crippen molar-refractivity contribution in [1.29, 1.82) is 0 Å². The normalized spacial score (nSPS) is 10.8. The van der Waals surface area contributed by atoms with Gasteiger partial charge in [-0.15, -0.1) is 9.36 Å². The zero-order valence-corrected chi connectivity index (χ0v) is 9.66. The van der Waals surface area contributed by atoms with Gasteiger partial charge in [-0.1, -0.05) is 26.7 Å². The van der Waals surface area contributed by atoms with Crippen molar-refractivity contribution >= 4 is 0 Å². The summed E-state index contributed by atoms with van der Waals surface area (Å²) in [4.78, 5) is 0. The van der Waals surface area contributed by atoms with E-state index in [0.29, 0.717) is 0 Å². The molecule has 1 aromatic heterocycles. The third kappa shape index (κ3) is 3.13. The fraction of sp³-hybridized carbons (Fsp3) is 0.818. The summed E-state index contributed by atoms with van der Waals surface area (Å²) >= 11 is 0. The minimum Gasteiger partial charge on any atom is -0.137 e. The Morgan fingerprint density at radius 2 is 2.00 bits per heavy atom. The first-order chi connectivity index (χ1) is 6.77. The summed E-state index contributed by atoms with van der Waals surface area (Å²) in [6.07, 6.45) is 8.29. The van der Waals surface area contributed by atoms with Crippen LogP contribution in [0.25, 0.3) is 0 Å². The standard InChI is InChI=1S/C11H22N3/c1-4-6-8-11-10-14(9-7-5-2)12-13(11)3/h10H,4-9H2,1-3H3/q+1. The summed E-state index contributed by atoms with van der Waals surface area (Å²) in [6, 6.07) is 0. The molecule has 0 aliphatic carbocycles. The lowest BCUT2D eigenvalue weighted by molar-refractivity contribution is -0.755. The van der Waals surface area contributed by atoms with E-state index in [1.807, 2.05) is 11.7 Å². The Bertz CT molecular complexity index is 265. The molecular formula is C11H22N3+. The number of unbranched alkanes of at least 4 members (excludes halogenated alkanes) is 2. The van der Waals surface area contributed by atoms with Crippen LogP contribution in [0, 0.1) is 0 Å². The minimum absolute atomic E-state index is 1.05. The minimum atomic E-state index is 1.05. The van der Waals surface area contributed by atoms with Crippen LogP contribution in [0.2, 0.25) is 0 Å². The monoisotopic (exact) mass is 196 g/mol. The van der Waals surface area contributed by atoms with E-state index in [4.69, 9.17) is 0 Å². The van der Waals surface area contributed by atoms with Crippen LogP contribution < -0.4 is 4.68 Å². The van der Waals surface area contributed by atoms with Gasteiger partial charge in [0.05, 0.1) is 5.21 Å². The largest absolute Gasteiger partial charge is 0.167 e. The third-order valence-electron chi connectivity index (χ3n) is 2.49. The number of aryl methyl sites for hydroxylation is 3. The second kappa shape index (κ2) is 5.78. The molecule has 0 saturated carbocycles. The van der Waals surface area contributed by atoms with Crippen LogP contribution in [0.15, 0.2) is 6.20 Å². The molecule has 0 aliphatic heterocycles. The van der Waals surface area contributed by atoms with Crippen molar-refractivity contribution in [3.8, 4) is 0 Å². The van der Waals surface area contributed by atoms with Crippen LogP contribution in [-0.2, 0) is 20.0 Å². The Balaban J connectivity index is 2.53. The fourth-order valence-corrected chi connectivity index (χ4v) is 1.52. The van der Waals surface area contributed by atoms with Crippen LogP contribution in [-0.4, -0.2) is 9.90 Å². The second-order valence-corrected chi connectivity index (χ2v) is 3.85. The maximum Gasteiger partial charge on any atom is 0.167 e. The lowest BCUT2D eigenvalue weighted by Gasteiger charge is -1.90. The van der Waals surface area contributed by atoms with Gasteiger partial charge in [0.15, 0.2) is 11.9 Å². The first-order valence-electron chi connectivity index (χ1n) is 5.70. The summed E-state index contributed by atoms with van der Waals surface area (Å²) in [5.74, 6) is 0. The molecule has 0 saturated heterocycles. The number of hydrogen-bond acceptors (Lipinski definition) is 1. The molecule has 3 nitrogen and oxygen atoms in total. The van der Waals surface area contributed by atoms with Crippen LogP contribution in [0.4, 0.5) is 0 Å². The fourth-order valence-electron chi connectivity index (χ4n) is 1.52. The smallest absolute Gasteiger partial charge is 0.137 e. The SMILES string of the molecule is CCCCc1c[n+](CCCC)nn1C. The van der Waals surface area contributed by atoms with Crippen LogP contribution in [0.3, 0.4) is 0 Å². The first kappa shape index (κ1) is 11.2. The summed E-state index contributed by atoms with van der Waals surface area (Å²) in [7, 11) is 2.04. The topological polar surface area (TPSA) is 21.7 Å². The van der Waals surface area contributed by atoms with E-state index < -0.39 is 0 Å². The molecule has 0 aromatic carbocycles. The molecule has 0 atom stereocenters. The Morgan fingerprint density at radius 3 is 2.64 bits per heavy atom. The molecule has 0 unspecified atom stereocenters. The summed E-state index contributed by atoms with van der Waals surface area (Å²) in [5, 5.41) is 4.43. The molecule has 1 aromatic rings. The maximum atomic E-state index is 4.43. The zero-order valence-electron chi connectivity index (χ0n) is 9.66. The van der Waals surface area contributed by atoms with Gasteiger partial charge in [-0.05, 0) is 12.8 Å². The highest BCUT2D eigenvalue weighted by Gasteiger charge is 2.10. The maximum absolute atomic E-state index is 4.43. The molecule has 1 rings (SSSR count). The molecule has 0 N–H and O–H groups in total. The lowest BCUT2D eigenvalue weighted by atomic mass is 10.2. The van der Waals surface area contributed by atoms with Crippen molar-refractivity contribution in [1.82, 2.24) is 9.90 Å². The third-order valence-corrected chi connectivity index (χ3v) is 2.49. The van der Waals surface area contributed by atoms with E-state index in [1.54, 1.807) is 0 Å². The van der Waals surface area contributed by atoms with Crippen molar-refractivity contribution in [2.75, 3.05) is 0 Å². The highest BCUT2D eigenvalue weighted by molar-refractivity contribution is 4.89. The number of aromatic nitrogens is 3. The Kier molecular flexibility index (Phi) is 4.63. The van der Waals surface area contributed by atoms with Gasteiger partial charge in [0, 0.05) is 6.42 Å². The highest BCUT2D eigenvalue weighted by Crippen LogP contribution is 2.00. The predicted octanol–water partition coefficient (Wildman–Crippen LogP) is 1.85. The Hall–Kier alpha value is -0.860. The van der Waals surface area contributed by atoms with Gasteiger partial charge >= 0.3 is 0 Å². The van der Waals surface area contributed by atoms with E-state index in [0.717, 1.165) is 13.0 Å². The molecule has 0 radical (unpaired) electrons. The van der Waals surface area contributed by atoms with E-state index in [9.17, 15) is 0 Å². The highest BCUT2D eigenvalue weighted by atomic mass is 15.5. The molecule has 0 fully saturated rings. The van der Waals surface area contributed by atoms with Crippen molar-refractivity contribution in [3.05, 3.63) is 11.9 Å². The first-order valence-corrected chi connectivity index (χ1v) is 5.70. The van der Waals surface area contributed by atoms with E-state index in [1.165, 1.54) is 31.4 Å². The van der Waals surface area contributed by atoms with Gasteiger partial charge in [0.1, 0.15) is 13.6 Å². The number of nitrogens with zero attached hydrogens (tertiary/aromatic N) is 3. The molecule has 0 spiro atoms. The summed E-state index contributed by atoms with van der Waals surface area (Å²) < 4.78 is 4.07. The van der Waals surface area contributed by atoms with Gasteiger partial charge < -0.3 is 0 Å². The molecule has 14 heavy (non-hydrogen) atoms. The van der Waals surface area contributed by atoms with Gasteiger partial charge in [0.25, 0.3) is 0 Å². The molecule has 0 bridgehead atoms. The van der Waals surface area contributed by atoms with Crippen molar-refractivity contribution in [3.63, 3.8) is 0 Å². The molecule has 3 heteroatoms. The van der Waals surface area contributed by atoms with E-state index >= 15 is 0 Å². The molecular weight excluding hydrogens is 174 g/mol. The number of rotatable bonds is 6. The predicted molar refractivity (Wildman–Crippen MR) is 56.9 cm³/mol. The van der Waals surface area contributed by atoms with Gasteiger partial charge in [-0.25, -0.2) is 0 Å². The van der Waals surface area contributed by atoms with Crippen LogP contribution in [0.1, 0.15) is 45.2 Å². The second-order valence-electron chi connectivity index (χ2n) is 3.85. The zero-order chi connectivity index (χ0) is 10.4. The molecule has 1 heterocycles. The average molecular weight is 196 g/mol. The van der Waals surface area contributed by atoms with Crippen molar-refractivity contribution < 1.29 is 4.68 Å². The Labute approximate surface area is 86.7 Å². The number of hydrogen-bond donors (Lipinski definition) is 0. The van der Waals surface area contributed by atoms with Crippen molar-refractivity contribution in [2.45, 2.75) is 52.5 Å². The van der Waals surface area contributed by atoms with Gasteiger partial charge in [-0.2, -0.15) is 0 Å².